The van der Waals surface area contributed by atoms with Crippen LogP contribution in [0.15, 0.2) is 11.3 Å². The van der Waals surface area contributed by atoms with Gasteiger partial charge in [-0.3, -0.25) is 43.2 Å². The van der Waals surface area contributed by atoms with E-state index in [-0.39, 0.29) is 64.4 Å². The molecule has 0 unspecified atom stereocenters. The summed E-state index contributed by atoms with van der Waals surface area (Å²) >= 11 is 17.0. The number of ether oxygens (including phenoxy) is 8. The van der Waals surface area contributed by atoms with Gasteiger partial charge < -0.3 is 49.4 Å². The Hall–Kier alpha value is -5.29. The zero-order valence-corrected chi connectivity index (χ0v) is 59.4. The zero-order chi connectivity index (χ0) is 70.8. The van der Waals surface area contributed by atoms with Crippen molar-refractivity contribution in [1.29, 1.82) is 0 Å². The molecule has 3 fully saturated rings. The van der Waals surface area contributed by atoms with E-state index in [2.05, 4.69) is 32.7 Å². The largest absolute Gasteiger partial charge is 0.466 e. The highest BCUT2D eigenvalue weighted by molar-refractivity contribution is 6.31. The monoisotopic (exact) mass is 1390 g/mol. The van der Waals surface area contributed by atoms with E-state index in [0.29, 0.717) is 116 Å². The summed E-state index contributed by atoms with van der Waals surface area (Å²) in [4.78, 5) is 103. The number of carbonyl (C=O) groups excluding carboxylic acids is 9. The normalized spacial score (nSPS) is 15.7. The number of azide groups is 1. The highest BCUT2D eigenvalue weighted by Crippen LogP contribution is 2.20. The van der Waals surface area contributed by atoms with Gasteiger partial charge in [0, 0.05) is 84.7 Å². The molecule has 3 heterocycles. The number of rotatable bonds is 39. The van der Waals surface area contributed by atoms with Gasteiger partial charge in [0.25, 0.3) is 0 Å². The first-order valence-corrected chi connectivity index (χ1v) is 34.5. The number of nitrogens with zero attached hydrogens (tertiary/aromatic N) is 6. The molecular formula is C66H113Cl3N8O17. The van der Waals surface area contributed by atoms with Crippen molar-refractivity contribution in [3.8, 4) is 12.3 Å². The number of esters is 5. The Labute approximate surface area is 574 Å². The summed E-state index contributed by atoms with van der Waals surface area (Å²) in [5, 5.41) is 10.3. The van der Waals surface area contributed by atoms with Gasteiger partial charge in [0.2, 0.25) is 0 Å². The van der Waals surface area contributed by atoms with Gasteiger partial charge in [0.05, 0.1) is 68.3 Å². The standard InChI is InChI=1S/C17H30N4O4.C14H25ClO4.C14H25N3O4.C6H9ClO2.C6H9ClO.C6H10O2.C3H5N/c1-14(22)16(21-13-15(12-18)19-20-21)8-5-7-11-25-17(23)9-4-3-6-10-24-2;1-12(16)13(15)8-5-7-11-19-14(17)9-4-3-6-10-18-2;1-12(18)13(16-17-15)8-5-7-11-21-14(19)9-4-3-6-10-20-2;7-5-3-1-2-4-9-6(5)8;7-5-3-1-2-4-6(5)8;7-6-4-2-1-3-5-8-6;1-2-3-4/h13,16H,3-12,18H2,1-2H3;13H,3-11H2,1-2H3;13H,3-11H2,1-2H3;5H,1-4H2;5H,1-4H2;1-5H2;1H,3-4H2/t16-;2*13-;2*5-;;/m11100../s1. The van der Waals surface area contributed by atoms with Crippen LogP contribution < -0.4 is 11.5 Å². The number of nitrogens with two attached hydrogens (primary N) is 2. The number of cyclic esters (lactones) is 2. The molecule has 0 bridgehead atoms. The lowest BCUT2D eigenvalue weighted by atomic mass is 9.99. The predicted octanol–water partition coefficient (Wildman–Crippen LogP) is 11.8. The van der Waals surface area contributed by atoms with Gasteiger partial charge in [-0.2, -0.15) is 0 Å². The van der Waals surface area contributed by atoms with Crippen molar-refractivity contribution >= 4 is 87.8 Å². The van der Waals surface area contributed by atoms with Crippen LogP contribution in [-0.2, 0) is 87.6 Å². The molecule has 25 nitrogen and oxygen atoms in total. The first-order valence-electron chi connectivity index (χ1n) is 33.2. The molecule has 2 aliphatic heterocycles. The van der Waals surface area contributed by atoms with Crippen LogP contribution in [-0.4, -0.2) is 171 Å². The highest BCUT2D eigenvalue weighted by atomic mass is 35.5. The molecule has 540 valence electrons. The average molecular weight is 1400 g/mol. The second-order valence-corrected chi connectivity index (χ2v) is 23.8. The number of unbranched alkanes of at least 4 members (excludes halogenated alkanes) is 9. The van der Waals surface area contributed by atoms with Crippen LogP contribution >= 0.6 is 34.8 Å². The molecule has 4 rings (SSSR count). The third-order valence-corrected chi connectivity index (χ3v) is 15.4. The van der Waals surface area contributed by atoms with E-state index in [4.69, 9.17) is 89.7 Å². The number of halogens is 3. The fraction of sp³-hybridized carbons (Fsp3) is 0.803. The summed E-state index contributed by atoms with van der Waals surface area (Å²) in [6.45, 7) is 9.59. The number of hydrogen-bond acceptors (Lipinski definition) is 22. The third-order valence-electron chi connectivity index (χ3n) is 14.0. The summed E-state index contributed by atoms with van der Waals surface area (Å²) in [6, 6.07) is -0.948. The summed E-state index contributed by atoms with van der Waals surface area (Å²) in [5.41, 5.74) is 19.3. The van der Waals surface area contributed by atoms with E-state index in [1.54, 1.807) is 32.2 Å². The van der Waals surface area contributed by atoms with Crippen LogP contribution in [0.5, 0.6) is 0 Å². The van der Waals surface area contributed by atoms with Crippen LogP contribution in [0, 0.1) is 12.3 Å². The van der Waals surface area contributed by atoms with Crippen LogP contribution in [0.3, 0.4) is 0 Å². The van der Waals surface area contributed by atoms with E-state index in [1.165, 1.54) is 20.8 Å². The van der Waals surface area contributed by atoms with Crippen molar-refractivity contribution in [2.75, 3.05) is 80.7 Å². The van der Waals surface area contributed by atoms with Crippen molar-refractivity contribution < 1.29 is 81.0 Å². The molecule has 2 saturated heterocycles. The third kappa shape index (κ3) is 60.4. The highest BCUT2D eigenvalue weighted by Gasteiger charge is 2.21. The Morgan fingerprint density at radius 3 is 1.51 bits per heavy atom. The fourth-order valence-electron chi connectivity index (χ4n) is 8.40. The quantitative estimate of drug-likeness (QED) is 0.00903. The van der Waals surface area contributed by atoms with E-state index < -0.39 is 16.8 Å². The maximum atomic E-state index is 11.8. The van der Waals surface area contributed by atoms with Gasteiger partial charge in [-0.1, -0.05) is 41.9 Å². The molecule has 1 aromatic rings. The Kier molecular flexibility index (Phi) is 66.9. The Balaban J connectivity index is -0.00000109. The number of carbonyl (C=O) groups is 9. The summed E-state index contributed by atoms with van der Waals surface area (Å²) in [6.07, 6.45) is 32.4. The van der Waals surface area contributed by atoms with Crippen molar-refractivity contribution in [3.05, 3.63) is 22.3 Å². The number of methoxy groups -OCH3 is 3. The number of hydrogen-bond donors (Lipinski definition) is 2. The molecule has 1 aliphatic carbocycles. The molecule has 28 heteroatoms. The first kappa shape index (κ1) is 92.9. The molecule has 0 amide bonds. The Morgan fingerprint density at radius 2 is 1.09 bits per heavy atom. The smallest absolute Gasteiger partial charge is 0.324 e. The van der Waals surface area contributed by atoms with E-state index in [1.807, 2.05) is 0 Å². The zero-order valence-electron chi connectivity index (χ0n) is 57.2. The van der Waals surface area contributed by atoms with Gasteiger partial charge in [0.15, 0.2) is 11.6 Å². The van der Waals surface area contributed by atoms with Crippen molar-refractivity contribution in [2.24, 2.45) is 16.6 Å². The number of Topliss-reactive ketones (excluding diaryl/α,β-unsaturated/α-hetero) is 4. The molecular weight excluding hydrogens is 1280 g/mol. The number of ketones is 4. The van der Waals surface area contributed by atoms with Crippen LogP contribution in [0.4, 0.5) is 0 Å². The maximum absolute atomic E-state index is 11.8. The topological polar surface area (TPSA) is 359 Å². The van der Waals surface area contributed by atoms with Crippen LogP contribution in [0.25, 0.3) is 10.4 Å². The Bertz CT molecular complexity index is 2240. The maximum Gasteiger partial charge on any atom is 0.324 e. The minimum atomic E-state index is -0.605. The molecule has 1 aromatic heterocycles. The average Bonchev–Trinajstić information content (AvgIpc) is 1.84. The second-order valence-electron chi connectivity index (χ2n) is 22.2. The van der Waals surface area contributed by atoms with Crippen molar-refractivity contribution in [1.82, 2.24) is 15.0 Å². The van der Waals surface area contributed by atoms with E-state index in [0.717, 1.165) is 161 Å². The SMILES string of the molecule is C#CCN.COCCCCCC(=O)OCCCC[C@@H](Cl)C(C)=O.COCCCCCC(=O)OCCCC[C@@H](N=[N+]=[N-])C(C)=O.COCCCCCC(=O)OCCCC[C@H](C(C)=O)n1cc(CN)nn1.O=C1CCCCCO1.O=C1CCCC[C@@H]1Cl.O=C1OCCCC[C@@H]1Cl. The number of terminal acetylenes is 1. The van der Waals surface area contributed by atoms with Crippen LogP contribution in [0.2, 0.25) is 0 Å². The van der Waals surface area contributed by atoms with Crippen LogP contribution in [0.1, 0.15) is 238 Å². The molecule has 0 radical (unpaired) electrons. The van der Waals surface area contributed by atoms with E-state index >= 15 is 0 Å². The summed E-state index contributed by atoms with van der Waals surface area (Å²) in [7, 11) is 5.00. The van der Waals surface area contributed by atoms with Gasteiger partial charge >= 0.3 is 29.8 Å². The summed E-state index contributed by atoms with van der Waals surface area (Å²) in [5.74, 6) is 1.55. The summed E-state index contributed by atoms with van der Waals surface area (Å²) < 4.78 is 41.3. The molecule has 94 heavy (non-hydrogen) atoms. The molecule has 3 aliphatic rings. The lowest BCUT2D eigenvalue weighted by molar-refractivity contribution is -0.144. The minimum Gasteiger partial charge on any atom is -0.466 e. The second kappa shape index (κ2) is 67.7. The molecule has 0 aromatic carbocycles. The lowest BCUT2D eigenvalue weighted by Crippen LogP contribution is -2.18. The van der Waals surface area contributed by atoms with E-state index in [9.17, 15) is 43.2 Å². The fourth-order valence-corrected chi connectivity index (χ4v) is 9.03. The van der Waals surface area contributed by atoms with Gasteiger partial charge in [0.1, 0.15) is 23.0 Å². The lowest BCUT2D eigenvalue weighted by Gasteiger charge is -2.13. The molecule has 4 N–H and O–H groups in total. The van der Waals surface area contributed by atoms with Crippen molar-refractivity contribution in [3.63, 3.8) is 0 Å². The first-order chi connectivity index (χ1) is 45.2. The number of alkyl halides is 3. The number of aromatic nitrogens is 3. The predicted molar refractivity (Wildman–Crippen MR) is 362 cm³/mol. The van der Waals surface area contributed by atoms with Gasteiger partial charge in [-0.05, 0) is 174 Å². The van der Waals surface area contributed by atoms with Crippen molar-refractivity contribution in [2.45, 2.75) is 261 Å². The minimum absolute atomic E-state index is 0.00489. The Morgan fingerprint density at radius 1 is 0.628 bits per heavy atom. The molecule has 5 atom stereocenters. The molecule has 1 saturated carbocycles. The van der Waals surface area contributed by atoms with Gasteiger partial charge in [-0.25, -0.2) is 4.68 Å². The van der Waals surface area contributed by atoms with Gasteiger partial charge in [-0.15, -0.1) is 46.3 Å². The molecule has 0 spiro atoms.